The molecule has 2 N–H and O–H groups in total. The lowest BCUT2D eigenvalue weighted by atomic mass is 9.97. The van der Waals surface area contributed by atoms with Crippen LogP contribution >= 0.6 is 0 Å². The van der Waals surface area contributed by atoms with Gasteiger partial charge >= 0.3 is 0 Å². The quantitative estimate of drug-likeness (QED) is 0.575. The van der Waals surface area contributed by atoms with Crippen LogP contribution in [0.1, 0.15) is 49.7 Å². The zero-order valence-electron chi connectivity index (χ0n) is 18.1. The molecule has 2 aromatic heterocycles. The number of nitrogens with zero attached hydrogens (tertiary/aromatic N) is 3. The standard InChI is InChI=1S/C23H27N5O3S/c1-32(29,30)23-26-22(27-28-23)25-21-18-9-5-6-15(18)10-11-19(21)16-12-13-24-20(14-16)31-17-7-3-2-4-8-17/h10-14,17H,2-9H2,1H3,(H2,25,26,27,28). The van der Waals surface area contributed by atoms with E-state index in [-0.39, 0.29) is 17.2 Å². The predicted molar refractivity (Wildman–Crippen MR) is 122 cm³/mol. The molecule has 1 fully saturated rings. The van der Waals surface area contributed by atoms with Crippen LogP contribution in [-0.2, 0) is 22.7 Å². The first kappa shape index (κ1) is 20.9. The van der Waals surface area contributed by atoms with Crippen LogP contribution in [0.3, 0.4) is 0 Å². The van der Waals surface area contributed by atoms with Gasteiger partial charge < -0.3 is 10.1 Å². The van der Waals surface area contributed by atoms with E-state index in [4.69, 9.17) is 4.74 Å². The number of benzene rings is 1. The molecule has 32 heavy (non-hydrogen) atoms. The largest absolute Gasteiger partial charge is 0.474 e. The summed E-state index contributed by atoms with van der Waals surface area (Å²) < 4.78 is 29.8. The van der Waals surface area contributed by atoms with E-state index in [0.29, 0.717) is 5.88 Å². The molecule has 0 aliphatic heterocycles. The molecule has 0 bridgehead atoms. The molecule has 0 radical (unpaired) electrons. The van der Waals surface area contributed by atoms with E-state index in [1.165, 1.54) is 30.4 Å². The number of hydrogen-bond acceptors (Lipinski definition) is 7. The summed E-state index contributed by atoms with van der Waals surface area (Å²) in [5.41, 5.74) is 5.41. The molecule has 9 heteroatoms. The van der Waals surface area contributed by atoms with Crippen molar-refractivity contribution in [2.75, 3.05) is 11.6 Å². The van der Waals surface area contributed by atoms with Gasteiger partial charge in [-0.3, -0.25) is 0 Å². The van der Waals surface area contributed by atoms with Crippen LogP contribution in [-0.4, -0.2) is 40.9 Å². The Morgan fingerprint density at radius 2 is 1.94 bits per heavy atom. The molecule has 0 atom stereocenters. The Hall–Kier alpha value is -2.94. The SMILES string of the molecule is CS(=O)(=O)c1nc(Nc2c(-c3ccnc(OC4CCCCC4)c3)ccc3c2CCC3)n[nH]1. The number of rotatable bonds is 6. The van der Waals surface area contributed by atoms with Crippen LogP contribution < -0.4 is 10.1 Å². The molecule has 5 rings (SSSR count). The number of hydrogen-bond donors (Lipinski definition) is 2. The molecule has 1 aromatic carbocycles. The van der Waals surface area contributed by atoms with Gasteiger partial charge in [0, 0.05) is 24.1 Å². The van der Waals surface area contributed by atoms with E-state index in [1.807, 2.05) is 12.1 Å². The summed E-state index contributed by atoms with van der Waals surface area (Å²) in [7, 11) is -3.46. The lowest BCUT2D eigenvalue weighted by Gasteiger charge is -2.22. The maximum atomic E-state index is 11.8. The Bertz CT molecular complexity index is 1230. The average Bonchev–Trinajstić information content (AvgIpc) is 3.44. The minimum absolute atomic E-state index is 0.152. The molecule has 3 aromatic rings. The van der Waals surface area contributed by atoms with Gasteiger partial charge in [0.25, 0.3) is 0 Å². The normalized spacial score (nSPS) is 16.7. The molecule has 0 unspecified atom stereocenters. The maximum Gasteiger partial charge on any atom is 0.247 e. The van der Waals surface area contributed by atoms with Crippen molar-refractivity contribution in [2.24, 2.45) is 0 Å². The van der Waals surface area contributed by atoms with Crippen LogP contribution in [0, 0.1) is 0 Å². The highest BCUT2D eigenvalue weighted by Crippen LogP contribution is 2.39. The van der Waals surface area contributed by atoms with Crippen molar-refractivity contribution in [1.82, 2.24) is 20.2 Å². The Morgan fingerprint density at radius 1 is 1.09 bits per heavy atom. The Labute approximate surface area is 187 Å². The second-order valence-corrected chi connectivity index (χ2v) is 10.5. The van der Waals surface area contributed by atoms with Crippen LogP contribution in [0.5, 0.6) is 5.88 Å². The summed E-state index contributed by atoms with van der Waals surface area (Å²) in [5, 5.41) is 9.71. The molecular weight excluding hydrogens is 426 g/mol. The number of ether oxygens (including phenoxy) is 1. The molecule has 168 valence electrons. The fraction of sp³-hybridized carbons (Fsp3) is 0.435. The van der Waals surface area contributed by atoms with Crippen LogP contribution in [0.15, 0.2) is 35.6 Å². The van der Waals surface area contributed by atoms with Crippen molar-refractivity contribution < 1.29 is 13.2 Å². The van der Waals surface area contributed by atoms with Gasteiger partial charge in [-0.25, -0.2) is 18.5 Å². The van der Waals surface area contributed by atoms with Crippen LogP contribution in [0.4, 0.5) is 11.6 Å². The monoisotopic (exact) mass is 453 g/mol. The van der Waals surface area contributed by atoms with Crippen LogP contribution in [0.25, 0.3) is 11.1 Å². The number of sulfone groups is 1. The highest BCUT2D eigenvalue weighted by molar-refractivity contribution is 7.90. The molecule has 2 heterocycles. The van der Waals surface area contributed by atoms with E-state index in [0.717, 1.165) is 55.2 Å². The van der Waals surface area contributed by atoms with Gasteiger partial charge in [-0.15, -0.1) is 5.10 Å². The number of aromatic amines is 1. The molecule has 1 saturated carbocycles. The summed E-state index contributed by atoms with van der Waals surface area (Å²) in [6, 6.07) is 8.22. The Balaban J connectivity index is 1.49. The lowest BCUT2D eigenvalue weighted by Crippen LogP contribution is -2.20. The third kappa shape index (κ3) is 4.34. The Morgan fingerprint density at radius 3 is 2.72 bits per heavy atom. The maximum absolute atomic E-state index is 11.8. The number of fused-ring (bicyclic) bond motifs is 1. The van der Waals surface area contributed by atoms with Crippen molar-refractivity contribution in [2.45, 2.75) is 62.6 Å². The third-order valence-corrected chi connectivity index (χ3v) is 7.11. The van der Waals surface area contributed by atoms with Crippen molar-refractivity contribution in [3.8, 4) is 17.0 Å². The first-order valence-electron chi connectivity index (χ1n) is 11.1. The fourth-order valence-electron chi connectivity index (χ4n) is 4.63. The molecule has 0 saturated heterocycles. The predicted octanol–water partition coefficient (Wildman–Crippen LogP) is 4.21. The van der Waals surface area contributed by atoms with E-state index >= 15 is 0 Å². The van der Waals surface area contributed by atoms with Crippen molar-refractivity contribution in [3.05, 3.63) is 41.6 Å². The second-order valence-electron chi connectivity index (χ2n) is 8.60. The van der Waals surface area contributed by atoms with E-state index in [1.54, 1.807) is 6.20 Å². The van der Waals surface area contributed by atoms with E-state index in [2.05, 4.69) is 37.6 Å². The summed E-state index contributed by atoms with van der Waals surface area (Å²) in [5.74, 6) is 0.873. The zero-order valence-corrected chi connectivity index (χ0v) is 18.9. The lowest BCUT2D eigenvalue weighted by molar-refractivity contribution is 0.149. The highest BCUT2D eigenvalue weighted by atomic mass is 32.2. The molecule has 0 spiro atoms. The van der Waals surface area contributed by atoms with Gasteiger partial charge in [-0.2, -0.15) is 4.98 Å². The van der Waals surface area contributed by atoms with Gasteiger partial charge in [0.15, 0.2) is 0 Å². The Kier molecular flexibility index (Phi) is 5.58. The summed E-state index contributed by atoms with van der Waals surface area (Å²) in [6.07, 6.45) is 12.0. The second kappa shape index (κ2) is 8.54. The number of pyridine rings is 1. The highest BCUT2D eigenvalue weighted by Gasteiger charge is 2.22. The molecule has 2 aliphatic rings. The molecule has 0 amide bonds. The van der Waals surface area contributed by atoms with Gasteiger partial charge in [-0.1, -0.05) is 18.6 Å². The third-order valence-electron chi connectivity index (χ3n) is 6.22. The minimum atomic E-state index is -3.46. The molecule has 2 aliphatic carbocycles. The number of nitrogens with one attached hydrogen (secondary N) is 2. The van der Waals surface area contributed by atoms with E-state index in [9.17, 15) is 8.42 Å². The summed E-state index contributed by atoms with van der Waals surface area (Å²) >= 11 is 0. The van der Waals surface area contributed by atoms with E-state index < -0.39 is 9.84 Å². The van der Waals surface area contributed by atoms with Crippen molar-refractivity contribution >= 4 is 21.5 Å². The van der Waals surface area contributed by atoms with Gasteiger partial charge in [0.1, 0.15) is 6.10 Å². The topological polar surface area (TPSA) is 110 Å². The molecule has 8 nitrogen and oxygen atoms in total. The number of anilines is 2. The smallest absolute Gasteiger partial charge is 0.247 e. The summed E-state index contributed by atoms with van der Waals surface area (Å²) in [6.45, 7) is 0. The van der Waals surface area contributed by atoms with Crippen molar-refractivity contribution in [3.63, 3.8) is 0 Å². The van der Waals surface area contributed by atoms with Crippen molar-refractivity contribution in [1.29, 1.82) is 0 Å². The number of aryl methyl sites for hydroxylation is 1. The number of H-pyrrole nitrogens is 1. The average molecular weight is 454 g/mol. The van der Waals surface area contributed by atoms with Gasteiger partial charge in [0.05, 0.1) is 5.69 Å². The fourth-order valence-corrected chi connectivity index (χ4v) is 5.09. The van der Waals surface area contributed by atoms with Crippen LogP contribution in [0.2, 0.25) is 0 Å². The zero-order chi connectivity index (χ0) is 22.1. The number of aromatic nitrogens is 4. The minimum Gasteiger partial charge on any atom is -0.474 e. The van der Waals surface area contributed by atoms with Gasteiger partial charge in [-0.05, 0) is 67.7 Å². The van der Waals surface area contributed by atoms with Gasteiger partial charge in [0.2, 0.25) is 26.8 Å². The first-order valence-corrected chi connectivity index (χ1v) is 13.0. The first-order chi connectivity index (χ1) is 15.5. The molecular formula is C23H27N5O3S. The summed E-state index contributed by atoms with van der Waals surface area (Å²) in [4.78, 5) is 8.57.